The summed E-state index contributed by atoms with van der Waals surface area (Å²) in [7, 11) is 1.64. The minimum absolute atomic E-state index is 0.111. The lowest BCUT2D eigenvalue weighted by Gasteiger charge is -2.30. The van der Waals surface area contributed by atoms with Crippen LogP contribution in [0.15, 0.2) is 48.5 Å². The highest BCUT2D eigenvalue weighted by Gasteiger charge is 2.46. The molecule has 2 aromatic rings. The molecule has 1 aliphatic heterocycles. The molecule has 6 heteroatoms. The summed E-state index contributed by atoms with van der Waals surface area (Å²) < 4.78 is 17.2. The van der Waals surface area contributed by atoms with Gasteiger partial charge in [-0.1, -0.05) is 50.2 Å². The average Bonchev–Trinajstić information content (AvgIpc) is 3.15. The third kappa shape index (κ3) is 6.56. The SMILES string of the molecule is CC[C@]1(C)CN(C(=O)[C@H](Cc2ccccc2)OC(C)=O)C[C@H]1c1ccc(OC)c(OC(C)(C)C)c1. The van der Waals surface area contributed by atoms with Crippen molar-refractivity contribution in [3.63, 3.8) is 0 Å². The summed E-state index contributed by atoms with van der Waals surface area (Å²) in [5.74, 6) is 0.894. The van der Waals surface area contributed by atoms with E-state index < -0.39 is 12.1 Å². The predicted octanol–water partition coefficient (Wildman–Crippen LogP) is 5.39. The summed E-state index contributed by atoms with van der Waals surface area (Å²) in [6.45, 7) is 12.9. The first-order chi connectivity index (χ1) is 16.5. The Kier molecular flexibility index (Phi) is 8.14. The highest BCUT2D eigenvalue weighted by molar-refractivity contribution is 5.84. The zero-order valence-electron chi connectivity index (χ0n) is 22.1. The Bertz CT molecular complexity index is 1030. The van der Waals surface area contributed by atoms with Crippen LogP contribution in [-0.2, 0) is 20.7 Å². The maximum absolute atomic E-state index is 13.6. The number of methoxy groups -OCH3 is 1. The molecule has 3 rings (SSSR count). The second-order valence-electron chi connectivity index (χ2n) is 10.7. The molecule has 2 aromatic carbocycles. The van der Waals surface area contributed by atoms with Gasteiger partial charge in [-0.15, -0.1) is 0 Å². The number of rotatable bonds is 8. The van der Waals surface area contributed by atoms with Gasteiger partial charge in [0.2, 0.25) is 0 Å². The zero-order valence-corrected chi connectivity index (χ0v) is 22.1. The standard InChI is InChI=1S/C29H39NO5/c1-8-29(6)19-30(27(32)26(34-20(2)31)16-21-12-10-9-11-13-21)18-23(29)22-14-15-24(33-7)25(17-22)35-28(3,4)5/h9-15,17,23,26H,8,16,18-19H2,1-7H3/t23-,26-,29+/m0/s1. The monoisotopic (exact) mass is 481 g/mol. The van der Waals surface area contributed by atoms with E-state index in [-0.39, 0.29) is 22.8 Å². The number of amides is 1. The summed E-state index contributed by atoms with van der Waals surface area (Å²) in [4.78, 5) is 27.3. The number of hydrogen-bond acceptors (Lipinski definition) is 5. The predicted molar refractivity (Wildman–Crippen MR) is 137 cm³/mol. The first-order valence-electron chi connectivity index (χ1n) is 12.3. The summed E-state index contributed by atoms with van der Waals surface area (Å²) in [5.41, 5.74) is 1.57. The fourth-order valence-electron chi connectivity index (χ4n) is 4.82. The molecule has 0 bridgehead atoms. The molecule has 3 atom stereocenters. The Balaban J connectivity index is 1.89. The summed E-state index contributed by atoms with van der Waals surface area (Å²) in [6, 6.07) is 15.7. The van der Waals surface area contributed by atoms with E-state index in [0.29, 0.717) is 31.0 Å². The molecule has 1 fully saturated rings. The van der Waals surface area contributed by atoms with Gasteiger partial charge in [0.1, 0.15) is 5.60 Å². The van der Waals surface area contributed by atoms with Crippen LogP contribution in [0.25, 0.3) is 0 Å². The van der Waals surface area contributed by atoms with E-state index >= 15 is 0 Å². The molecule has 35 heavy (non-hydrogen) atoms. The first kappa shape index (κ1) is 26.6. The molecule has 0 N–H and O–H groups in total. The summed E-state index contributed by atoms with van der Waals surface area (Å²) in [6.07, 6.45) is 0.417. The molecule has 0 unspecified atom stereocenters. The number of benzene rings is 2. The van der Waals surface area contributed by atoms with Crippen molar-refractivity contribution in [2.24, 2.45) is 5.41 Å². The Morgan fingerprint density at radius 1 is 1.11 bits per heavy atom. The number of ether oxygens (including phenoxy) is 3. The van der Waals surface area contributed by atoms with Crippen molar-refractivity contribution in [3.8, 4) is 11.5 Å². The molecule has 1 amide bonds. The maximum Gasteiger partial charge on any atom is 0.303 e. The molecule has 1 aliphatic rings. The minimum Gasteiger partial charge on any atom is -0.493 e. The van der Waals surface area contributed by atoms with E-state index in [0.717, 1.165) is 17.5 Å². The van der Waals surface area contributed by atoms with Crippen molar-refractivity contribution in [2.75, 3.05) is 20.2 Å². The lowest BCUT2D eigenvalue weighted by Crippen LogP contribution is -2.42. The van der Waals surface area contributed by atoms with Crippen LogP contribution >= 0.6 is 0 Å². The molecule has 0 spiro atoms. The van der Waals surface area contributed by atoms with Gasteiger partial charge in [0.15, 0.2) is 17.6 Å². The molecule has 1 heterocycles. The van der Waals surface area contributed by atoms with Gasteiger partial charge < -0.3 is 19.1 Å². The molecule has 0 aliphatic carbocycles. The van der Waals surface area contributed by atoms with E-state index in [9.17, 15) is 9.59 Å². The minimum atomic E-state index is -0.842. The highest BCUT2D eigenvalue weighted by Crippen LogP contribution is 2.47. The van der Waals surface area contributed by atoms with Crippen molar-refractivity contribution in [1.82, 2.24) is 4.90 Å². The molecule has 1 saturated heterocycles. The zero-order chi connectivity index (χ0) is 25.8. The number of nitrogens with zero attached hydrogens (tertiary/aromatic N) is 1. The lowest BCUT2D eigenvalue weighted by atomic mass is 9.74. The van der Waals surface area contributed by atoms with Gasteiger partial charge in [-0.2, -0.15) is 0 Å². The third-order valence-electron chi connectivity index (χ3n) is 6.77. The highest BCUT2D eigenvalue weighted by atomic mass is 16.5. The number of likely N-dealkylation sites (tertiary alicyclic amines) is 1. The number of carbonyl (C=O) groups is 2. The summed E-state index contributed by atoms with van der Waals surface area (Å²) in [5, 5.41) is 0. The van der Waals surface area contributed by atoms with Gasteiger partial charge >= 0.3 is 5.97 Å². The van der Waals surface area contributed by atoms with E-state index in [2.05, 4.69) is 19.9 Å². The second kappa shape index (κ2) is 10.7. The van der Waals surface area contributed by atoms with E-state index in [1.54, 1.807) is 7.11 Å². The van der Waals surface area contributed by atoms with Crippen LogP contribution in [0.5, 0.6) is 11.5 Å². The number of esters is 1. The number of hydrogen-bond donors (Lipinski definition) is 0. The Morgan fingerprint density at radius 3 is 2.37 bits per heavy atom. The van der Waals surface area contributed by atoms with Crippen LogP contribution in [0.3, 0.4) is 0 Å². The van der Waals surface area contributed by atoms with Crippen LogP contribution in [0.2, 0.25) is 0 Å². The van der Waals surface area contributed by atoms with Crippen molar-refractivity contribution in [1.29, 1.82) is 0 Å². The fourth-order valence-corrected chi connectivity index (χ4v) is 4.82. The van der Waals surface area contributed by atoms with Gasteiger partial charge in [0, 0.05) is 32.4 Å². The van der Waals surface area contributed by atoms with Gasteiger partial charge in [0.25, 0.3) is 5.91 Å². The largest absolute Gasteiger partial charge is 0.493 e. The molecular formula is C29H39NO5. The van der Waals surface area contributed by atoms with Crippen molar-refractivity contribution >= 4 is 11.9 Å². The Hall–Kier alpha value is -3.02. The first-order valence-corrected chi connectivity index (χ1v) is 12.3. The second-order valence-corrected chi connectivity index (χ2v) is 10.7. The van der Waals surface area contributed by atoms with Crippen LogP contribution < -0.4 is 9.47 Å². The van der Waals surface area contributed by atoms with E-state index in [1.807, 2.05) is 68.1 Å². The topological polar surface area (TPSA) is 65.1 Å². The maximum atomic E-state index is 13.6. The molecule has 190 valence electrons. The fraction of sp³-hybridized carbons (Fsp3) is 0.517. The normalized spacial score (nSPS) is 20.9. The molecule has 0 radical (unpaired) electrons. The van der Waals surface area contributed by atoms with Crippen molar-refractivity contribution in [3.05, 3.63) is 59.7 Å². The van der Waals surface area contributed by atoms with Gasteiger partial charge in [-0.05, 0) is 55.9 Å². The third-order valence-corrected chi connectivity index (χ3v) is 6.77. The van der Waals surface area contributed by atoms with E-state index in [4.69, 9.17) is 14.2 Å². The van der Waals surface area contributed by atoms with Crippen LogP contribution in [-0.4, -0.2) is 48.7 Å². The average molecular weight is 482 g/mol. The molecule has 6 nitrogen and oxygen atoms in total. The Morgan fingerprint density at radius 2 is 1.80 bits per heavy atom. The van der Waals surface area contributed by atoms with Crippen LogP contribution in [0.4, 0.5) is 0 Å². The number of carbonyl (C=O) groups excluding carboxylic acids is 2. The molecule has 0 saturated carbocycles. The molecular weight excluding hydrogens is 442 g/mol. The van der Waals surface area contributed by atoms with Crippen LogP contribution in [0.1, 0.15) is 65.0 Å². The lowest BCUT2D eigenvalue weighted by molar-refractivity contribution is -0.158. The van der Waals surface area contributed by atoms with Gasteiger partial charge in [-0.3, -0.25) is 9.59 Å². The van der Waals surface area contributed by atoms with Crippen molar-refractivity contribution in [2.45, 2.75) is 72.0 Å². The molecule has 0 aromatic heterocycles. The smallest absolute Gasteiger partial charge is 0.303 e. The van der Waals surface area contributed by atoms with E-state index in [1.165, 1.54) is 6.92 Å². The Labute approximate surface area is 209 Å². The van der Waals surface area contributed by atoms with Crippen LogP contribution in [0, 0.1) is 5.41 Å². The van der Waals surface area contributed by atoms with Gasteiger partial charge in [-0.25, -0.2) is 0 Å². The quantitative estimate of drug-likeness (QED) is 0.473. The summed E-state index contributed by atoms with van der Waals surface area (Å²) >= 11 is 0. The van der Waals surface area contributed by atoms with Gasteiger partial charge in [0.05, 0.1) is 7.11 Å². The van der Waals surface area contributed by atoms with Crippen molar-refractivity contribution < 1.29 is 23.8 Å².